The summed E-state index contributed by atoms with van der Waals surface area (Å²) in [6, 6.07) is 6.54. The molecule has 0 saturated carbocycles. The van der Waals surface area contributed by atoms with Crippen LogP contribution in [0.5, 0.6) is 5.75 Å². The molecule has 100 valence electrons. The van der Waals surface area contributed by atoms with Gasteiger partial charge in [-0.1, -0.05) is 28.1 Å². The molecule has 1 unspecified atom stereocenters. The molecule has 0 radical (unpaired) electrons. The zero-order chi connectivity index (χ0) is 13.4. The van der Waals surface area contributed by atoms with Gasteiger partial charge in [0.25, 0.3) is 0 Å². The standard InChI is InChI=1S/C13H18BrNO3/c14-7-1-2-8-18-11-5-3-10(4-6-11)9-12(15)13(16)17/h3-6,12H,1-2,7-9,15H2,(H,16,17). The zero-order valence-electron chi connectivity index (χ0n) is 10.1. The topological polar surface area (TPSA) is 72.5 Å². The summed E-state index contributed by atoms with van der Waals surface area (Å²) in [5, 5.41) is 9.70. The van der Waals surface area contributed by atoms with Gasteiger partial charge in [-0.3, -0.25) is 4.79 Å². The van der Waals surface area contributed by atoms with E-state index >= 15 is 0 Å². The van der Waals surface area contributed by atoms with Crippen LogP contribution in [-0.2, 0) is 11.2 Å². The fourth-order valence-electron chi connectivity index (χ4n) is 1.45. The molecule has 0 heterocycles. The van der Waals surface area contributed by atoms with E-state index in [2.05, 4.69) is 15.9 Å². The number of alkyl halides is 1. The van der Waals surface area contributed by atoms with Crippen molar-refractivity contribution < 1.29 is 14.6 Å². The Balaban J connectivity index is 2.40. The Hall–Kier alpha value is -1.07. The normalized spacial score (nSPS) is 12.1. The van der Waals surface area contributed by atoms with Crippen LogP contribution < -0.4 is 10.5 Å². The lowest BCUT2D eigenvalue weighted by atomic mass is 10.1. The van der Waals surface area contributed by atoms with Crippen LogP contribution in [0.2, 0.25) is 0 Å². The molecule has 0 aliphatic carbocycles. The molecule has 1 aromatic rings. The number of hydrogen-bond acceptors (Lipinski definition) is 3. The molecule has 0 spiro atoms. The molecule has 18 heavy (non-hydrogen) atoms. The van der Waals surface area contributed by atoms with E-state index in [0.717, 1.165) is 29.5 Å². The van der Waals surface area contributed by atoms with Crippen molar-refractivity contribution >= 4 is 21.9 Å². The van der Waals surface area contributed by atoms with E-state index < -0.39 is 12.0 Å². The van der Waals surface area contributed by atoms with Gasteiger partial charge in [-0.05, 0) is 37.0 Å². The monoisotopic (exact) mass is 315 g/mol. The first-order chi connectivity index (χ1) is 8.63. The number of carboxylic acids is 1. The first-order valence-corrected chi connectivity index (χ1v) is 7.01. The molecule has 1 rings (SSSR count). The van der Waals surface area contributed by atoms with Crippen molar-refractivity contribution in [1.82, 2.24) is 0 Å². The number of ether oxygens (including phenoxy) is 1. The molecule has 0 aliphatic heterocycles. The summed E-state index contributed by atoms with van der Waals surface area (Å²) in [4.78, 5) is 10.6. The Morgan fingerprint density at radius 3 is 2.56 bits per heavy atom. The van der Waals surface area contributed by atoms with Crippen LogP contribution in [0.1, 0.15) is 18.4 Å². The highest BCUT2D eigenvalue weighted by Crippen LogP contribution is 2.13. The van der Waals surface area contributed by atoms with Crippen LogP contribution in [-0.4, -0.2) is 29.1 Å². The quantitative estimate of drug-likeness (QED) is 0.570. The second-order valence-electron chi connectivity index (χ2n) is 4.04. The average Bonchev–Trinajstić information content (AvgIpc) is 2.36. The number of aliphatic carboxylic acids is 1. The molecule has 1 atom stereocenters. The van der Waals surface area contributed by atoms with E-state index in [1.807, 2.05) is 24.3 Å². The Labute approximate surface area is 115 Å². The summed E-state index contributed by atoms with van der Waals surface area (Å²) in [6.45, 7) is 0.694. The number of unbranched alkanes of at least 4 members (excludes halogenated alkanes) is 1. The van der Waals surface area contributed by atoms with Crippen molar-refractivity contribution in [3.63, 3.8) is 0 Å². The fraction of sp³-hybridized carbons (Fsp3) is 0.462. The molecule has 0 amide bonds. The molecule has 0 saturated heterocycles. The minimum Gasteiger partial charge on any atom is -0.494 e. The summed E-state index contributed by atoms with van der Waals surface area (Å²) >= 11 is 3.36. The minimum absolute atomic E-state index is 0.333. The van der Waals surface area contributed by atoms with Gasteiger partial charge in [0.1, 0.15) is 11.8 Å². The van der Waals surface area contributed by atoms with E-state index in [0.29, 0.717) is 13.0 Å². The van der Waals surface area contributed by atoms with Crippen LogP contribution in [0.25, 0.3) is 0 Å². The van der Waals surface area contributed by atoms with Gasteiger partial charge in [-0.25, -0.2) is 0 Å². The highest BCUT2D eigenvalue weighted by molar-refractivity contribution is 9.09. The second kappa shape index (κ2) is 8.11. The lowest BCUT2D eigenvalue weighted by Gasteiger charge is -2.08. The van der Waals surface area contributed by atoms with E-state index in [9.17, 15) is 4.79 Å². The van der Waals surface area contributed by atoms with Gasteiger partial charge in [0, 0.05) is 5.33 Å². The van der Waals surface area contributed by atoms with E-state index in [-0.39, 0.29) is 0 Å². The average molecular weight is 316 g/mol. The summed E-state index contributed by atoms with van der Waals surface area (Å²) in [5.74, 6) is -0.178. The van der Waals surface area contributed by atoms with Gasteiger partial charge >= 0.3 is 5.97 Å². The number of hydrogen-bond donors (Lipinski definition) is 2. The Morgan fingerprint density at radius 2 is 2.00 bits per heavy atom. The van der Waals surface area contributed by atoms with E-state index in [4.69, 9.17) is 15.6 Å². The molecule has 0 fully saturated rings. The maximum atomic E-state index is 10.6. The van der Waals surface area contributed by atoms with Crippen LogP contribution in [0.15, 0.2) is 24.3 Å². The molecular weight excluding hydrogens is 298 g/mol. The fourth-order valence-corrected chi connectivity index (χ4v) is 1.85. The van der Waals surface area contributed by atoms with Crippen LogP contribution >= 0.6 is 15.9 Å². The van der Waals surface area contributed by atoms with Crippen LogP contribution in [0.4, 0.5) is 0 Å². The predicted octanol–water partition coefficient (Wildman–Crippen LogP) is 2.19. The maximum Gasteiger partial charge on any atom is 0.320 e. The van der Waals surface area contributed by atoms with Crippen molar-refractivity contribution in [2.75, 3.05) is 11.9 Å². The Kier molecular flexibility index (Phi) is 6.75. The third-order valence-electron chi connectivity index (χ3n) is 2.49. The summed E-state index contributed by atoms with van der Waals surface area (Å²) in [7, 11) is 0. The highest BCUT2D eigenvalue weighted by atomic mass is 79.9. The van der Waals surface area contributed by atoms with E-state index in [1.165, 1.54) is 0 Å². The summed E-state index contributed by atoms with van der Waals surface area (Å²) in [6.07, 6.45) is 2.43. The Morgan fingerprint density at radius 1 is 1.33 bits per heavy atom. The number of benzene rings is 1. The number of nitrogens with two attached hydrogens (primary N) is 1. The molecule has 5 heteroatoms. The van der Waals surface area contributed by atoms with Gasteiger partial charge in [0.15, 0.2) is 0 Å². The number of carboxylic acid groups (broad SMARTS) is 1. The molecule has 1 aromatic carbocycles. The third kappa shape index (κ3) is 5.51. The van der Waals surface area contributed by atoms with Gasteiger partial charge in [0.2, 0.25) is 0 Å². The van der Waals surface area contributed by atoms with Gasteiger partial charge < -0.3 is 15.6 Å². The lowest BCUT2D eigenvalue weighted by molar-refractivity contribution is -0.138. The van der Waals surface area contributed by atoms with E-state index in [1.54, 1.807) is 0 Å². The van der Waals surface area contributed by atoms with Crippen molar-refractivity contribution in [3.05, 3.63) is 29.8 Å². The summed E-state index contributed by atoms with van der Waals surface area (Å²) < 4.78 is 5.55. The summed E-state index contributed by atoms with van der Waals surface area (Å²) in [5.41, 5.74) is 6.37. The molecule has 0 aromatic heterocycles. The Bertz CT molecular complexity index is 367. The van der Waals surface area contributed by atoms with Crippen LogP contribution in [0, 0.1) is 0 Å². The van der Waals surface area contributed by atoms with Gasteiger partial charge in [-0.15, -0.1) is 0 Å². The first-order valence-electron chi connectivity index (χ1n) is 5.89. The highest BCUT2D eigenvalue weighted by Gasteiger charge is 2.11. The van der Waals surface area contributed by atoms with Crippen molar-refractivity contribution in [2.24, 2.45) is 5.73 Å². The molecular formula is C13H18BrNO3. The van der Waals surface area contributed by atoms with Gasteiger partial charge in [-0.2, -0.15) is 0 Å². The maximum absolute atomic E-state index is 10.6. The van der Waals surface area contributed by atoms with Crippen molar-refractivity contribution in [1.29, 1.82) is 0 Å². The zero-order valence-corrected chi connectivity index (χ0v) is 11.7. The van der Waals surface area contributed by atoms with Crippen molar-refractivity contribution in [2.45, 2.75) is 25.3 Å². The predicted molar refractivity (Wildman–Crippen MR) is 74.3 cm³/mol. The lowest BCUT2D eigenvalue weighted by Crippen LogP contribution is -2.32. The first kappa shape index (κ1) is 15.0. The third-order valence-corrected chi connectivity index (χ3v) is 3.05. The number of carbonyl (C=O) groups is 1. The SMILES string of the molecule is NC(Cc1ccc(OCCCCBr)cc1)C(=O)O. The van der Waals surface area contributed by atoms with Crippen molar-refractivity contribution in [3.8, 4) is 5.75 Å². The van der Waals surface area contributed by atoms with Gasteiger partial charge in [0.05, 0.1) is 6.61 Å². The minimum atomic E-state index is -0.981. The molecule has 0 aliphatic rings. The number of rotatable bonds is 8. The second-order valence-corrected chi connectivity index (χ2v) is 4.83. The number of halogens is 1. The molecule has 0 bridgehead atoms. The smallest absolute Gasteiger partial charge is 0.320 e. The van der Waals surface area contributed by atoms with Crippen LogP contribution in [0.3, 0.4) is 0 Å². The molecule has 4 nitrogen and oxygen atoms in total. The molecule has 3 N–H and O–H groups in total. The largest absolute Gasteiger partial charge is 0.494 e.